The van der Waals surface area contributed by atoms with E-state index in [1.807, 2.05) is 0 Å². The first-order valence-corrected chi connectivity index (χ1v) is 13.1. The first kappa shape index (κ1) is 27.8. The molecule has 0 saturated carbocycles. The van der Waals surface area contributed by atoms with E-state index in [-0.39, 0.29) is 11.6 Å². The maximum absolute atomic E-state index is 15.2. The van der Waals surface area contributed by atoms with Gasteiger partial charge in [-0.25, -0.2) is 18.1 Å². The molecule has 2 atom stereocenters. The molecule has 2 unspecified atom stereocenters. The summed E-state index contributed by atoms with van der Waals surface area (Å²) in [6.07, 6.45) is 0. The van der Waals surface area contributed by atoms with Crippen molar-refractivity contribution in [2.24, 2.45) is 0 Å². The predicted molar refractivity (Wildman–Crippen MR) is 139 cm³/mol. The number of methoxy groups -OCH3 is 2. The number of nitrogens with zero attached hydrogens (tertiary/aromatic N) is 10. The molecule has 1 aliphatic rings. The quantitative estimate of drug-likeness (QED) is 0.257. The summed E-state index contributed by atoms with van der Waals surface area (Å²) in [6, 6.07) is 12.3. The third-order valence-electron chi connectivity index (χ3n) is 7.10. The highest BCUT2D eigenvalue weighted by Crippen LogP contribution is 2.34. The fraction of sp³-hybridized carbons (Fsp3) is 0.462. The van der Waals surface area contributed by atoms with Crippen LogP contribution in [0.4, 0.5) is 8.78 Å². The largest absolute Gasteiger partial charge is 0.383 e. The lowest BCUT2D eigenvalue weighted by atomic mass is 10.00. The number of tetrazole rings is 2. The van der Waals surface area contributed by atoms with Gasteiger partial charge in [0.25, 0.3) is 0 Å². The maximum atomic E-state index is 15.2. The average molecular weight is 555 g/mol. The summed E-state index contributed by atoms with van der Waals surface area (Å²) in [5.74, 6) is 0.394. The third kappa shape index (κ3) is 5.89. The van der Waals surface area contributed by atoms with Crippen molar-refractivity contribution in [2.45, 2.75) is 25.2 Å². The van der Waals surface area contributed by atoms with Crippen LogP contribution >= 0.6 is 0 Å². The van der Waals surface area contributed by atoms with Crippen molar-refractivity contribution in [1.29, 1.82) is 0 Å². The minimum Gasteiger partial charge on any atom is -0.383 e. The predicted octanol–water partition coefficient (Wildman–Crippen LogP) is 1.73. The molecule has 14 heteroatoms. The van der Waals surface area contributed by atoms with Crippen LogP contribution in [-0.4, -0.2) is 104 Å². The van der Waals surface area contributed by atoms with E-state index in [4.69, 9.17) is 9.47 Å². The highest BCUT2D eigenvalue weighted by molar-refractivity contribution is 5.28. The lowest BCUT2D eigenvalue weighted by molar-refractivity contribution is 0.0788. The summed E-state index contributed by atoms with van der Waals surface area (Å²) >= 11 is 0. The molecule has 1 fully saturated rings. The van der Waals surface area contributed by atoms with Crippen LogP contribution in [-0.2, 0) is 22.6 Å². The molecule has 3 heterocycles. The van der Waals surface area contributed by atoms with Crippen LogP contribution in [0.25, 0.3) is 0 Å². The molecule has 0 N–H and O–H groups in total. The molecule has 0 amide bonds. The molecule has 1 saturated heterocycles. The number of halogens is 2. The Balaban J connectivity index is 1.45. The molecular weight excluding hydrogens is 522 g/mol. The van der Waals surface area contributed by atoms with E-state index in [1.165, 1.54) is 12.1 Å². The van der Waals surface area contributed by atoms with Gasteiger partial charge in [0, 0.05) is 51.5 Å². The summed E-state index contributed by atoms with van der Waals surface area (Å²) in [6.45, 7) is 3.87. The highest BCUT2D eigenvalue weighted by atomic mass is 19.1. The van der Waals surface area contributed by atoms with E-state index in [2.05, 4.69) is 40.9 Å². The van der Waals surface area contributed by atoms with E-state index < -0.39 is 12.1 Å². The molecule has 2 aromatic carbocycles. The zero-order valence-electron chi connectivity index (χ0n) is 22.5. The number of hydrogen-bond donors (Lipinski definition) is 0. The van der Waals surface area contributed by atoms with Crippen LogP contribution < -0.4 is 0 Å². The first-order valence-electron chi connectivity index (χ1n) is 13.1. The second-order valence-corrected chi connectivity index (χ2v) is 9.43. The van der Waals surface area contributed by atoms with E-state index in [9.17, 15) is 0 Å². The summed E-state index contributed by atoms with van der Waals surface area (Å²) in [5.41, 5.74) is 0.970. The van der Waals surface area contributed by atoms with Crippen LogP contribution in [0.5, 0.6) is 0 Å². The van der Waals surface area contributed by atoms with Crippen molar-refractivity contribution in [2.75, 3.05) is 53.6 Å². The number of benzene rings is 2. The normalized spacial score (nSPS) is 16.3. The fourth-order valence-electron chi connectivity index (χ4n) is 5.13. The Bertz CT molecular complexity index is 1270. The molecule has 1 aliphatic heterocycles. The van der Waals surface area contributed by atoms with Crippen molar-refractivity contribution < 1.29 is 18.3 Å². The maximum Gasteiger partial charge on any atom is 0.173 e. The molecule has 0 bridgehead atoms. The number of aromatic nitrogens is 8. The Morgan fingerprint density at radius 2 is 1.07 bits per heavy atom. The Labute approximate surface area is 230 Å². The standard InChI is InChI=1S/C26H32F2N10O2/c1-39-17-15-37-25(29-31-33-37)23(19-7-3-5-9-21(19)27)35-11-13-36(14-12-35)24(20-8-4-6-10-22(20)28)26-30-32-34-38(26)16-18-40-2/h3-10,23-24H,11-18H2,1-2H3. The van der Waals surface area contributed by atoms with Gasteiger partial charge in [-0.1, -0.05) is 36.4 Å². The summed E-state index contributed by atoms with van der Waals surface area (Å²) < 4.78 is 44.1. The van der Waals surface area contributed by atoms with E-state index in [0.29, 0.717) is 75.3 Å². The lowest BCUT2D eigenvalue weighted by Crippen LogP contribution is -2.50. The zero-order chi connectivity index (χ0) is 27.9. The van der Waals surface area contributed by atoms with Crippen LogP contribution in [0.3, 0.4) is 0 Å². The SMILES string of the molecule is COCCn1nnnc1C(c1ccccc1F)N1CCN(C(c2ccccc2F)c2nnnn2CCOC)CC1. The number of hydrogen-bond acceptors (Lipinski definition) is 10. The third-order valence-corrected chi connectivity index (χ3v) is 7.10. The van der Waals surface area contributed by atoms with Crippen molar-refractivity contribution in [3.8, 4) is 0 Å². The molecular formula is C26H32F2N10O2. The van der Waals surface area contributed by atoms with Gasteiger partial charge >= 0.3 is 0 Å². The molecule has 0 aliphatic carbocycles. The van der Waals surface area contributed by atoms with E-state index >= 15 is 8.78 Å². The van der Waals surface area contributed by atoms with Gasteiger partial charge in [0.05, 0.1) is 26.3 Å². The van der Waals surface area contributed by atoms with Crippen LogP contribution in [0.15, 0.2) is 48.5 Å². The molecule has 2 aromatic heterocycles. The molecule has 12 nitrogen and oxygen atoms in total. The van der Waals surface area contributed by atoms with Crippen molar-refractivity contribution in [1.82, 2.24) is 50.2 Å². The number of piperazine rings is 1. The molecule has 5 rings (SSSR count). The fourth-order valence-corrected chi connectivity index (χ4v) is 5.13. The summed E-state index contributed by atoms with van der Waals surface area (Å²) in [5, 5.41) is 24.6. The molecule has 40 heavy (non-hydrogen) atoms. The topological polar surface area (TPSA) is 112 Å². The number of ether oxygens (including phenoxy) is 2. The van der Waals surface area contributed by atoms with Crippen molar-refractivity contribution in [3.63, 3.8) is 0 Å². The minimum absolute atomic E-state index is 0.335. The molecule has 0 spiro atoms. The van der Waals surface area contributed by atoms with Crippen LogP contribution in [0.2, 0.25) is 0 Å². The Morgan fingerprint density at radius 3 is 1.45 bits per heavy atom. The Kier molecular flexibility index (Phi) is 9.11. The van der Waals surface area contributed by atoms with Crippen LogP contribution in [0, 0.1) is 11.6 Å². The van der Waals surface area contributed by atoms with Gasteiger partial charge in [-0.15, -0.1) is 10.2 Å². The number of rotatable bonds is 12. The summed E-state index contributed by atoms with van der Waals surface area (Å²) in [7, 11) is 3.21. The monoisotopic (exact) mass is 554 g/mol. The van der Waals surface area contributed by atoms with Gasteiger partial charge in [0.2, 0.25) is 0 Å². The van der Waals surface area contributed by atoms with Gasteiger partial charge in [0.15, 0.2) is 11.6 Å². The van der Waals surface area contributed by atoms with Gasteiger partial charge in [0.1, 0.15) is 23.7 Å². The Morgan fingerprint density at radius 1 is 0.675 bits per heavy atom. The van der Waals surface area contributed by atoms with Crippen molar-refractivity contribution >= 4 is 0 Å². The van der Waals surface area contributed by atoms with Crippen LogP contribution in [0.1, 0.15) is 34.9 Å². The first-order chi connectivity index (χ1) is 19.6. The van der Waals surface area contributed by atoms with Crippen molar-refractivity contribution in [3.05, 3.63) is 82.9 Å². The smallest absolute Gasteiger partial charge is 0.173 e. The average Bonchev–Trinajstić information content (AvgIpc) is 3.64. The lowest BCUT2D eigenvalue weighted by Gasteiger charge is -2.41. The second-order valence-electron chi connectivity index (χ2n) is 9.43. The second kappa shape index (κ2) is 13.1. The zero-order valence-corrected chi connectivity index (χ0v) is 22.5. The molecule has 0 radical (unpaired) electrons. The summed E-state index contributed by atoms with van der Waals surface area (Å²) in [4.78, 5) is 4.30. The van der Waals surface area contributed by atoms with Gasteiger partial charge in [-0.2, -0.15) is 0 Å². The Hall–Kier alpha value is -3.72. The highest BCUT2D eigenvalue weighted by Gasteiger charge is 2.36. The van der Waals surface area contributed by atoms with E-state index in [1.54, 1.807) is 60.0 Å². The minimum atomic E-state index is -0.519. The van der Waals surface area contributed by atoms with Gasteiger partial charge in [-0.05, 0) is 33.0 Å². The van der Waals surface area contributed by atoms with E-state index in [0.717, 1.165) is 0 Å². The van der Waals surface area contributed by atoms with Gasteiger partial charge in [-0.3, -0.25) is 9.80 Å². The molecule has 4 aromatic rings. The van der Waals surface area contributed by atoms with Gasteiger partial charge < -0.3 is 9.47 Å². The molecule has 212 valence electrons.